The molecule has 0 saturated carbocycles. The van der Waals surface area contributed by atoms with Crippen LogP contribution in [0, 0.1) is 5.41 Å². The van der Waals surface area contributed by atoms with E-state index >= 15 is 0 Å². The zero-order valence-electron chi connectivity index (χ0n) is 19.0. The average molecular weight is 531 g/mol. The highest BCUT2D eigenvalue weighted by atomic mass is 127. The van der Waals surface area contributed by atoms with Gasteiger partial charge in [-0.25, -0.2) is 0 Å². The highest BCUT2D eigenvalue weighted by Crippen LogP contribution is 2.31. The fraction of sp³-hybridized carbons (Fsp3) is 0.636. The molecule has 1 aliphatic heterocycles. The van der Waals surface area contributed by atoms with Gasteiger partial charge in [-0.3, -0.25) is 14.7 Å². The number of ether oxygens (including phenoxy) is 1. The van der Waals surface area contributed by atoms with E-state index in [0.717, 1.165) is 31.3 Å². The summed E-state index contributed by atoms with van der Waals surface area (Å²) < 4.78 is 5.63. The van der Waals surface area contributed by atoms with E-state index in [1.165, 1.54) is 18.4 Å². The maximum atomic E-state index is 12.1. The second-order valence-electron chi connectivity index (χ2n) is 8.04. The molecule has 0 spiro atoms. The van der Waals surface area contributed by atoms with E-state index in [1.807, 2.05) is 32.9 Å². The lowest BCUT2D eigenvalue weighted by molar-refractivity contribution is -0.128. The molecule has 0 aliphatic carbocycles. The minimum Gasteiger partial charge on any atom is -0.496 e. The summed E-state index contributed by atoms with van der Waals surface area (Å²) in [5.74, 6) is 1.62. The van der Waals surface area contributed by atoms with Gasteiger partial charge >= 0.3 is 0 Å². The van der Waals surface area contributed by atoms with Crippen molar-refractivity contribution in [2.45, 2.75) is 39.7 Å². The van der Waals surface area contributed by atoms with E-state index in [0.29, 0.717) is 13.1 Å². The van der Waals surface area contributed by atoms with E-state index in [9.17, 15) is 4.79 Å². The number of halogens is 1. The molecule has 0 radical (unpaired) electrons. The van der Waals surface area contributed by atoms with Gasteiger partial charge in [0, 0.05) is 25.7 Å². The summed E-state index contributed by atoms with van der Waals surface area (Å²) in [4.78, 5) is 19.2. The van der Waals surface area contributed by atoms with Gasteiger partial charge in [-0.1, -0.05) is 18.2 Å². The van der Waals surface area contributed by atoms with Crippen LogP contribution in [0.5, 0.6) is 5.75 Å². The summed E-state index contributed by atoms with van der Waals surface area (Å²) in [6.45, 7) is 9.90. The van der Waals surface area contributed by atoms with Crippen LogP contribution in [0.1, 0.15) is 45.2 Å². The van der Waals surface area contributed by atoms with E-state index < -0.39 is 5.41 Å². The molecular formula is C22H38IN5O2. The van der Waals surface area contributed by atoms with E-state index in [2.05, 4.69) is 38.0 Å². The van der Waals surface area contributed by atoms with Crippen molar-refractivity contribution in [3.63, 3.8) is 0 Å². The maximum Gasteiger partial charge on any atom is 0.227 e. The zero-order valence-corrected chi connectivity index (χ0v) is 21.3. The van der Waals surface area contributed by atoms with Crippen LogP contribution in [0.15, 0.2) is 29.3 Å². The molecule has 2 rings (SSSR count). The Balaban J connectivity index is 0.00000450. The van der Waals surface area contributed by atoms with Crippen molar-refractivity contribution in [2.24, 2.45) is 10.4 Å². The first kappa shape index (κ1) is 26.5. The van der Waals surface area contributed by atoms with Gasteiger partial charge in [-0.2, -0.15) is 0 Å². The predicted molar refractivity (Wildman–Crippen MR) is 134 cm³/mol. The number of benzene rings is 1. The second kappa shape index (κ2) is 13.0. The third kappa shape index (κ3) is 7.30. The van der Waals surface area contributed by atoms with Crippen molar-refractivity contribution in [1.82, 2.24) is 20.9 Å². The first-order valence-electron chi connectivity index (χ1n) is 10.5. The Morgan fingerprint density at radius 3 is 2.50 bits per heavy atom. The highest BCUT2D eigenvalue weighted by Gasteiger charge is 2.28. The quantitative estimate of drug-likeness (QED) is 0.260. The second-order valence-corrected chi connectivity index (χ2v) is 8.04. The molecule has 1 unspecified atom stereocenters. The monoisotopic (exact) mass is 531 g/mol. The minimum absolute atomic E-state index is 0. The molecule has 1 aromatic rings. The summed E-state index contributed by atoms with van der Waals surface area (Å²) in [6, 6.07) is 8.42. The van der Waals surface area contributed by atoms with Crippen molar-refractivity contribution in [2.75, 3.05) is 46.9 Å². The van der Waals surface area contributed by atoms with Crippen LogP contribution in [-0.2, 0) is 4.79 Å². The van der Waals surface area contributed by atoms with Gasteiger partial charge < -0.3 is 20.7 Å². The molecule has 3 N–H and O–H groups in total. The molecule has 1 aliphatic rings. The molecule has 0 aromatic heterocycles. The molecule has 170 valence electrons. The third-order valence-electron chi connectivity index (χ3n) is 5.36. The first-order chi connectivity index (χ1) is 13.9. The number of hydrogen-bond donors (Lipinski definition) is 3. The van der Waals surface area contributed by atoms with Crippen LogP contribution >= 0.6 is 24.0 Å². The number of amides is 1. The molecule has 0 bridgehead atoms. The first-order valence-corrected chi connectivity index (χ1v) is 10.5. The highest BCUT2D eigenvalue weighted by molar-refractivity contribution is 14.0. The number of hydrogen-bond acceptors (Lipinski definition) is 4. The molecule has 7 nitrogen and oxygen atoms in total. The maximum absolute atomic E-state index is 12.1. The largest absolute Gasteiger partial charge is 0.496 e. The molecule has 1 amide bonds. The Hall–Kier alpha value is -1.55. The predicted octanol–water partition coefficient (Wildman–Crippen LogP) is 2.78. The van der Waals surface area contributed by atoms with Crippen LogP contribution in [0.3, 0.4) is 0 Å². The van der Waals surface area contributed by atoms with Crippen LogP contribution in [0.25, 0.3) is 0 Å². The number of guanidine groups is 1. The summed E-state index contributed by atoms with van der Waals surface area (Å²) >= 11 is 0. The van der Waals surface area contributed by atoms with Gasteiger partial charge in [0.25, 0.3) is 0 Å². The smallest absolute Gasteiger partial charge is 0.227 e. The number of likely N-dealkylation sites (tertiary alicyclic amines) is 1. The van der Waals surface area contributed by atoms with E-state index in [4.69, 9.17) is 4.74 Å². The fourth-order valence-corrected chi connectivity index (χ4v) is 3.65. The molecule has 8 heteroatoms. The number of para-hydroxylation sites is 1. The third-order valence-corrected chi connectivity index (χ3v) is 5.36. The summed E-state index contributed by atoms with van der Waals surface area (Å²) in [5, 5.41) is 9.50. The van der Waals surface area contributed by atoms with Gasteiger partial charge in [0.15, 0.2) is 5.96 Å². The molecule has 1 atom stereocenters. The lowest BCUT2D eigenvalue weighted by Gasteiger charge is -2.30. The van der Waals surface area contributed by atoms with Gasteiger partial charge in [0.2, 0.25) is 5.91 Å². The van der Waals surface area contributed by atoms with Gasteiger partial charge in [-0.05, 0) is 52.8 Å². The summed E-state index contributed by atoms with van der Waals surface area (Å²) in [6.07, 6.45) is 2.44. The van der Waals surface area contributed by atoms with Gasteiger partial charge in [0.1, 0.15) is 5.75 Å². The molecule has 1 heterocycles. The van der Waals surface area contributed by atoms with E-state index in [1.54, 1.807) is 14.2 Å². The number of nitrogens with zero attached hydrogens (tertiary/aromatic N) is 2. The van der Waals surface area contributed by atoms with Crippen molar-refractivity contribution in [3.05, 3.63) is 29.8 Å². The SMILES string of the molecule is CCNC(=NCC(C)(C)C(=O)NC)NCC(c1ccccc1OC)N1CCCC1.I. The molecule has 1 fully saturated rings. The number of aliphatic imine (C=N–C) groups is 1. The number of nitrogens with one attached hydrogen (secondary N) is 3. The van der Waals surface area contributed by atoms with Crippen molar-refractivity contribution >= 4 is 35.8 Å². The summed E-state index contributed by atoms with van der Waals surface area (Å²) in [5.41, 5.74) is 0.625. The molecule has 1 aromatic carbocycles. The number of methoxy groups -OCH3 is 1. The molecule has 1 saturated heterocycles. The van der Waals surface area contributed by atoms with Crippen LogP contribution in [0.2, 0.25) is 0 Å². The lowest BCUT2D eigenvalue weighted by atomic mass is 9.93. The van der Waals surface area contributed by atoms with Crippen LogP contribution in [-0.4, -0.2) is 63.6 Å². The average Bonchev–Trinajstić information content (AvgIpc) is 3.26. The van der Waals surface area contributed by atoms with Crippen molar-refractivity contribution in [3.8, 4) is 5.75 Å². The number of carbonyl (C=O) groups is 1. The van der Waals surface area contributed by atoms with Gasteiger partial charge in [-0.15, -0.1) is 24.0 Å². The minimum atomic E-state index is -0.561. The van der Waals surface area contributed by atoms with Crippen molar-refractivity contribution in [1.29, 1.82) is 0 Å². The number of rotatable bonds is 9. The normalized spacial score (nSPS) is 15.8. The van der Waals surface area contributed by atoms with Crippen LogP contribution in [0.4, 0.5) is 0 Å². The Morgan fingerprint density at radius 1 is 1.23 bits per heavy atom. The molecular weight excluding hydrogens is 493 g/mol. The van der Waals surface area contributed by atoms with E-state index in [-0.39, 0.29) is 35.9 Å². The Bertz CT molecular complexity index is 690. The van der Waals surface area contributed by atoms with Crippen molar-refractivity contribution < 1.29 is 9.53 Å². The lowest BCUT2D eigenvalue weighted by Crippen LogP contribution is -2.44. The molecule has 30 heavy (non-hydrogen) atoms. The fourth-order valence-electron chi connectivity index (χ4n) is 3.65. The topological polar surface area (TPSA) is 78.0 Å². The zero-order chi connectivity index (χ0) is 21.3. The standard InChI is InChI=1S/C22H37N5O2.HI/c1-6-24-21(26-16-22(2,3)20(28)23-4)25-15-18(27-13-9-10-14-27)17-11-7-8-12-19(17)29-5;/h7-8,11-12,18H,6,9-10,13-16H2,1-5H3,(H,23,28)(H2,24,25,26);1H. The Morgan fingerprint density at radius 2 is 1.90 bits per heavy atom. The Kier molecular flexibility index (Phi) is 11.5. The summed E-state index contributed by atoms with van der Waals surface area (Å²) in [7, 11) is 3.38. The van der Waals surface area contributed by atoms with Gasteiger partial charge in [0.05, 0.1) is 25.1 Å². The number of carbonyl (C=O) groups excluding carboxylic acids is 1. The Labute approximate surface area is 198 Å². The van der Waals surface area contributed by atoms with Crippen LogP contribution < -0.4 is 20.7 Å².